The predicted molar refractivity (Wildman–Crippen MR) is 81.8 cm³/mol. The van der Waals surface area contributed by atoms with E-state index >= 15 is 0 Å². The quantitative estimate of drug-likeness (QED) is 0.709. The number of methoxy groups -OCH3 is 1. The van der Waals surface area contributed by atoms with Crippen LogP contribution in [0, 0.1) is 0 Å². The van der Waals surface area contributed by atoms with E-state index in [4.69, 9.17) is 19.9 Å². The molecule has 0 aromatic heterocycles. The van der Waals surface area contributed by atoms with Crippen LogP contribution in [0.25, 0.3) is 0 Å². The van der Waals surface area contributed by atoms with Gasteiger partial charge in [0.1, 0.15) is 0 Å². The van der Waals surface area contributed by atoms with E-state index in [2.05, 4.69) is 0 Å². The van der Waals surface area contributed by atoms with Gasteiger partial charge in [0.05, 0.1) is 26.2 Å². The van der Waals surface area contributed by atoms with Gasteiger partial charge in [-0.1, -0.05) is 19.9 Å². The molecular formula is C16H25NO4. The van der Waals surface area contributed by atoms with Crippen molar-refractivity contribution in [2.45, 2.75) is 32.6 Å². The summed E-state index contributed by atoms with van der Waals surface area (Å²) < 4.78 is 16.2. The Bertz CT molecular complexity index is 448. The summed E-state index contributed by atoms with van der Waals surface area (Å²) in [5.41, 5.74) is 6.45. The fourth-order valence-corrected chi connectivity index (χ4v) is 1.91. The summed E-state index contributed by atoms with van der Waals surface area (Å²) >= 11 is 0. The molecule has 0 aliphatic carbocycles. The van der Waals surface area contributed by atoms with E-state index in [9.17, 15) is 4.79 Å². The van der Waals surface area contributed by atoms with Gasteiger partial charge in [0.2, 0.25) is 0 Å². The first kappa shape index (κ1) is 17.3. The third-order valence-corrected chi connectivity index (χ3v) is 3.01. The van der Waals surface area contributed by atoms with Gasteiger partial charge in [-0.05, 0) is 30.5 Å². The van der Waals surface area contributed by atoms with Crippen LogP contribution in [-0.2, 0) is 9.53 Å². The Labute approximate surface area is 126 Å². The molecule has 1 unspecified atom stereocenters. The summed E-state index contributed by atoms with van der Waals surface area (Å²) in [7, 11) is 1.36. The SMILES string of the molecule is CCCOc1ccc(C(CN)C(=O)OC)cc1OCCC. The molecule has 1 aromatic carbocycles. The highest BCUT2D eigenvalue weighted by Gasteiger charge is 2.21. The molecule has 118 valence electrons. The standard InChI is InChI=1S/C16H25NO4/c1-4-8-20-14-7-6-12(10-15(14)21-9-5-2)13(11-17)16(18)19-3/h6-7,10,13H,4-5,8-9,11,17H2,1-3H3. The van der Waals surface area contributed by atoms with Crippen LogP contribution >= 0.6 is 0 Å². The van der Waals surface area contributed by atoms with Crippen LogP contribution in [0.1, 0.15) is 38.2 Å². The molecule has 5 heteroatoms. The first-order valence-corrected chi connectivity index (χ1v) is 7.35. The van der Waals surface area contributed by atoms with Gasteiger partial charge >= 0.3 is 5.97 Å². The Balaban J connectivity index is 3.03. The van der Waals surface area contributed by atoms with Crippen LogP contribution in [-0.4, -0.2) is 32.8 Å². The number of hydrogen-bond donors (Lipinski definition) is 1. The molecule has 2 N–H and O–H groups in total. The van der Waals surface area contributed by atoms with E-state index in [1.54, 1.807) is 0 Å². The number of nitrogens with two attached hydrogens (primary N) is 1. The maximum atomic E-state index is 11.8. The van der Waals surface area contributed by atoms with Gasteiger partial charge in [-0.3, -0.25) is 4.79 Å². The minimum Gasteiger partial charge on any atom is -0.490 e. The largest absolute Gasteiger partial charge is 0.490 e. The molecule has 0 saturated carbocycles. The van der Waals surface area contributed by atoms with Gasteiger partial charge in [0.15, 0.2) is 11.5 Å². The van der Waals surface area contributed by atoms with Gasteiger partial charge in [0.25, 0.3) is 0 Å². The van der Waals surface area contributed by atoms with Crippen molar-refractivity contribution in [1.82, 2.24) is 0 Å². The number of esters is 1. The predicted octanol–water partition coefficient (Wildman–Crippen LogP) is 2.48. The lowest BCUT2D eigenvalue weighted by molar-refractivity contribution is -0.142. The molecule has 0 bridgehead atoms. The second-order valence-corrected chi connectivity index (χ2v) is 4.71. The van der Waals surface area contributed by atoms with Gasteiger partial charge in [-0.25, -0.2) is 0 Å². The van der Waals surface area contributed by atoms with Crippen molar-refractivity contribution in [3.05, 3.63) is 23.8 Å². The Morgan fingerprint density at radius 2 is 1.76 bits per heavy atom. The average molecular weight is 295 g/mol. The molecule has 5 nitrogen and oxygen atoms in total. The normalized spacial score (nSPS) is 11.8. The highest BCUT2D eigenvalue weighted by molar-refractivity contribution is 5.78. The fraction of sp³-hybridized carbons (Fsp3) is 0.562. The third-order valence-electron chi connectivity index (χ3n) is 3.01. The Hall–Kier alpha value is -1.75. The van der Waals surface area contributed by atoms with Crippen molar-refractivity contribution in [2.24, 2.45) is 5.73 Å². The van der Waals surface area contributed by atoms with E-state index in [1.807, 2.05) is 32.0 Å². The maximum absolute atomic E-state index is 11.8. The number of benzene rings is 1. The van der Waals surface area contributed by atoms with Crippen LogP contribution in [0.3, 0.4) is 0 Å². The first-order valence-electron chi connectivity index (χ1n) is 7.35. The summed E-state index contributed by atoms with van der Waals surface area (Å²) in [6, 6.07) is 5.47. The second-order valence-electron chi connectivity index (χ2n) is 4.71. The first-order chi connectivity index (χ1) is 10.2. The van der Waals surface area contributed by atoms with E-state index in [0.717, 1.165) is 18.4 Å². The number of hydrogen-bond acceptors (Lipinski definition) is 5. The highest BCUT2D eigenvalue weighted by atomic mass is 16.5. The number of rotatable bonds is 9. The minimum atomic E-state index is -0.487. The molecule has 1 atom stereocenters. The fourth-order valence-electron chi connectivity index (χ4n) is 1.91. The number of carbonyl (C=O) groups is 1. The van der Waals surface area contributed by atoms with Crippen molar-refractivity contribution < 1.29 is 19.0 Å². The van der Waals surface area contributed by atoms with Crippen LogP contribution in [0.2, 0.25) is 0 Å². The van der Waals surface area contributed by atoms with Crippen molar-refractivity contribution in [3.63, 3.8) is 0 Å². The van der Waals surface area contributed by atoms with Crippen molar-refractivity contribution in [2.75, 3.05) is 26.9 Å². The average Bonchev–Trinajstić information content (AvgIpc) is 2.52. The summed E-state index contributed by atoms with van der Waals surface area (Å²) in [4.78, 5) is 11.8. The Morgan fingerprint density at radius 3 is 2.29 bits per heavy atom. The van der Waals surface area contributed by atoms with Gasteiger partial charge in [0, 0.05) is 6.54 Å². The smallest absolute Gasteiger partial charge is 0.314 e. The van der Waals surface area contributed by atoms with Crippen molar-refractivity contribution in [1.29, 1.82) is 0 Å². The summed E-state index contributed by atoms with van der Waals surface area (Å²) in [5.74, 6) is 0.500. The van der Waals surface area contributed by atoms with Crippen LogP contribution in [0.5, 0.6) is 11.5 Å². The monoisotopic (exact) mass is 295 g/mol. The van der Waals surface area contributed by atoms with E-state index in [0.29, 0.717) is 24.7 Å². The van der Waals surface area contributed by atoms with E-state index in [1.165, 1.54) is 7.11 Å². The van der Waals surface area contributed by atoms with E-state index < -0.39 is 5.92 Å². The van der Waals surface area contributed by atoms with Crippen LogP contribution < -0.4 is 15.2 Å². The molecule has 0 amide bonds. The molecular weight excluding hydrogens is 270 g/mol. The van der Waals surface area contributed by atoms with Crippen LogP contribution in [0.15, 0.2) is 18.2 Å². The number of carbonyl (C=O) groups excluding carboxylic acids is 1. The highest BCUT2D eigenvalue weighted by Crippen LogP contribution is 2.31. The van der Waals surface area contributed by atoms with Gasteiger partial charge < -0.3 is 19.9 Å². The minimum absolute atomic E-state index is 0.190. The maximum Gasteiger partial charge on any atom is 0.314 e. The lowest BCUT2D eigenvalue weighted by Gasteiger charge is -2.17. The summed E-state index contributed by atoms with van der Waals surface area (Å²) in [6.45, 7) is 5.49. The molecule has 1 aromatic rings. The zero-order chi connectivity index (χ0) is 15.7. The van der Waals surface area contributed by atoms with Crippen molar-refractivity contribution >= 4 is 5.97 Å². The lowest BCUT2D eigenvalue weighted by Crippen LogP contribution is -2.22. The summed E-state index contributed by atoms with van der Waals surface area (Å²) in [6.07, 6.45) is 1.82. The molecule has 21 heavy (non-hydrogen) atoms. The topological polar surface area (TPSA) is 70.8 Å². The van der Waals surface area contributed by atoms with Crippen LogP contribution in [0.4, 0.5) is 0 Å². The zero-order valence-corrected chi connectivity index (χ0v) is 13.1. The van der Waals surface area contributed by atoms with Gasteiger partial charge in [-0.2, -0.15) is 0 Å². The van der Waals surface area contributed by atoms with Crippen molar-refractivity contribution in [3.8, 4) is 11.5 Å². The Morgan fingerprint density at radius 1 is 1.14 bits per heavy atom. The molecule has 1 rings (SSSR count). The molecule has 0 aliphatic heterocycles. The lowest BCUT2D eigenvalue weighted by atomic mass is 9.99. The third kappa shape index (κ3) is 4.93. The second kappa shape index (κ2) is 9.23. The number of ether oxygens (including phenoxy) is 3. The molecule has 0 fully saturated rings. The summed E-state index contributed by atoms with van der Waals surface area (Å²) in [5, 5.41) is 0. The zero-order valence-electron chi connectivity index (χ0n) is 13.1. The Kier molecular flexibility index (Phi) is 7.61. The molecule has 0 aliphatic rings. The molecule has 0 radical (unpaired) electrons. The van der Waals surface area contributed by atoms with E-state index in [-0.39, 0.29) is 12.5 Å². The van der Waals surface area contributed by atoms with Gasteiger partial charge in [-0.15, -0.1) is 0 Å². The molecule has 0 spiro atoms. The molecule has 0 saturated heterocycles. The molecule has 0 heterocycles.